The van der Waals surface area contributed by atoms with Crippen LogP contribution in [0.4, 0.5) is 0 Å². The quantitative estimate of drug-likeness (QED) is 0.556. The van der Waals surface area contributed by atoms with E-state index < -0.39 is 0 Å². The van der Waals surface area contributed by atoms with Crippen LogP contribution in [0.1, 0.15) is 12.1 Å². The highest BCUT2D eigenvalue weighted by molar-refractivity contribution is 7.80. The van der Waals surface area contributed by atoms with Crippen LogP contribution in [-0.2, 0) is 4.79 Å². The second-order valence-corrected chi connectivity index (χ2v) is 5.08. The zero-order valence-electron chi connectivity index (χ0n) is 11.3. The van der Waals surface area contributed by atoms with Crippen molar-refractivity contribution in [1.29, 1.82) is 0 Å². The highest BCUT2D eigenvalue weighted by atomic mass is 32.1. The standard InChI is InChI=1S/C13H15N5O2S/c19-11-8-18(6-5-14-11)13(21)17-16-9-3-7-20-10-2-1-4-15-12(9)10/h1-2,4H,3,5-8H2,(H,14,19)(H,17,21)/b16-9-. The Morgan fingerprint density at radius 3 is 3.33 bits per heavy atom. The molecular formula is C13H15N5O2S. The summed E-state index contributed by atoms with van der Waals surface area (Å²) in [6, 6.07) is 3.69. The van der Waals surface area contributed by atoms with Crippen LogP contribution in [0.15, 0.2) is 23.4 Å². The Kier molecular flexibility index (Phi) is 3.96. The summed E-state index contributed by atoms with van der Waals surface area (Å²) in [6.07, 6.45) is 2.37. The average molecular weight is 305 g/mol. The SMILES string of the molecule is O=C1CN(C(=S)N/N=C2/CCOc3cccnc32)CCN1. The van der Waals surface area contributed by atoms with Crippen molar-refractivity contribution in [3.63, 3.8) is 0 Å². The minimum Gasteiger partial charge on any atom is -0.491 e. The number of piperazine rings is 1. The molecule has 0 aliphatic carbocycles. The summed E-state index contributed by atoms with van der Waals surface area (Å²) < 4.78 is 5.52. The molecule has 0 aromatic carbocycles. The summed E-state index contributed by atoms with van der Waals surface area (Å²) in [4.78, 5) is 17.4. The number of rotatable bonds is 1. The van der Waals surface area contributed by atoms with E-state index in [4.69, 9.17) is 17.0 Å². The number of nitrogens with zero attached hydrogens (tertiary/aromatic N) is 3. The van der Waals surface area contributed by atoms with Crippen LogP contribution in [-0.4, -0.2) is 52.9 Å². The molecule has 0 saturated carbocycles. The lowest BCUT2D eigenvalue weighted by Gasteiger charge is -2.28. The van der Waals surface area contributed by atoms with E-state index in [9.17, 15) is 4.79 Å². The van der Waals surface area contributed by atoms with Crippen LogP contribution in [0.3, 0.4) is 0 Å². The molecule has 1 saturated heterocycles. The Balaban J connectivity index is 1.69. The van der Waals surface area contributed by atoms with E-state index in [-0.39, 0.29) is 12.5 Å². The lowest BCUT2D eigenvalue weighted by Crippen LogP contribution is -2.52. The number of thiocarbonyl (C=S) groups is 1. The first-order chi connectivity index (χ1) is 10.2. The molecule has 7 nitrogen and oxygen atoms in total. The summed E-state index contributed by atoms with van der Waals surface area (Å²) in [5, 5.41) is 7.53. The molecule has 110 valence electrons. The molecule has 0 atom stereocenters. The number of amides is 1. The Labute approximate surface area is 127 Å². The van der Waals surface area contributed by atoms with Gasteiger partial charge in [0.15, 0.2) is 5.11 Å². The lowest BCUT2D eigenvalue weighted by atomic mass is 10.1. The van der Waals surface area contributed by atoms with Crippen LogP contribution in [0.5, 0.6) is 5.75 Å². The van der Waals surface area contributed by atoms with Gasteiger partial charge in [-0.25, -0.2) is 0 Å². The van der Waals surface area contributed by atoms with Gasteiger partial charge in [0.25, 0.3) is 0 Å². The Morgan fingerprint density at radius 1 is 1.57 bits per heavy atom. The van der Waals surface area contributed by atoms with Crippen molar-refractivity contribution in [2.45, 2.75) is 6.42 Å². The molecule has 1 amide bonds. The average Bonchev–Trinajstić information content (AvgIpc) is 2.52. The summed E-state index contributed by atoms with van der Waals surface area (Å²) in [5.74, 6) is 0.698. The summed E-state index contributed by atoms with van der Waals surface area (Å²) >= 11 is 5.27. The van der Waals surface area contributed by atoms with Crippen LogP contribution in [0, 0.1) is 0 Å². The highest BCUT2D eigenvalue weighted by Crippen LogP contribution is 2.21. The van der Waals surface area contributed by atoms with Gasteiger partial charge in [-0.2, -0.15) is 5.10 Å². The number of aromatic nitrogens is 1. The molecule has 3 rings (SSSR count). The molecule has 2 N–H and O–H groups in total. The third-order valence-corrected chi connectivity index (χ3v) is 3.60. The maximum absolute atomic E-state index is 11.3. The summed E-state index contributed by atoms with van der Waals surface area (Å²) in [7, 11) is 0. The molecule has 1 fully saturated rings. The smallest absolute Gasteiger partial charge is 0.239 e. The lowest BCUT2D eigenvalue weighted by molar-refractivity contribution is -0.122. The highest BCUT2D eigenvalue weighted by Gasteiger charge is 2.20. The number of hydrogen-bond acceptors (Lipinski definition) is 5. The van der Waals surface area contributed by atoms with Gasteiger partial charge >= 0.3 is 0 Å². The molecule has 1 aromatic rings. The molecule has 1 aromatic heterocycles. The fraction of sp³-hybridized carbons (Fsp3) is 0.385. The number of nitrogens with one attached hydrogen (secondary N) is 2. The molecule has 8 heteroatoms. The van der Waals surface area contributed by atoms with E-state index in [0.29, 0.717) is 31.2 Å². The maximum Gasteiger partial charge on any atom is 0.239 e. The molecule has 0 radical (unpaired) electrons. The van der Waals surface area contributed by atoms with Gasteiger partial charge in [-0.3, -0.25) is 15.2 Å². The van der Waals surface area contributed by atoms with Gasteiger partial charge in [-0.05, 0) is 24.4 Å². The van der Waals surface area contributed by atoms with Gasteiger partial charge in [0, 0.05) is 25.7 Å². The number of fused-ring (bicyclic) bond motifs is 1. The van der Waals surface area contributed by atoms with Crippen molar-refractivity contribution in [2.75, 3.05) is 26.2 Å². The largest absolute Gasteiger partial charge is 0.491 e. The van der Waals surface area contributed by atoms with Crippen LogP contribution in [0.25, 0.3) is 0 Å². The maximum atomic E-state index is 11.3. The van der Waals surface area contributed by atoms with Crippen LogP contribution in [0.2, 0.25) is 0 Å². The van der Waals surface area contributed by atoms with Gasteiger partial charge in [0.2, 0.25) is 5.91 Å². The van der Waals surface area contributed by atoms with E-state index in [1.807, 2.05) is 12.1 Å². The van der Waals surface area contributed by atoms with Gasteiger partial charge in [0.1, 0.15) is 11.4 Å². The number of pyridine rings is 1. The van der Waals surface area contributed by atoms with Gasteiger partial charge in [0.05, 0.1) is 18.9 Å². The fourth-order valence-corrected chi connectivity index (χ4v) is 2.41. The number of carbonyl (C=O) groups is 1. The van der Waals surface area contributed by atoms with E-state index in [1.165, 1.54) is 0 Å². The number of ether oxygens (including phenoxy) is 1. The van der Waals surface area contributed by atoms with Gasteiger partial charge in [-0.1, -0.05) is 0 Å². The molecule has 2 aliphatic rings. The van der Waals surface area contributed by atoms with Crippen molar-refractivity contribution < 1.29 is 9.53 Å². The van der Waals surface area contributed by atoms with E-state index in [1.54, 1.807) is 11.1 Å². The van der Waals surface area contributed by atoms with Crippen molar-refractivity contribution in [1.82, 2.24) is 20.6 Å². The van der Waals surface area contributed by atoms with Crippen molar-refractivity contribution >= 4 is 28.9 Å². The first-order valence-corrected chi connectivity index (χ1v) is 7.11. The molecule has 21 heavy (non-hydrogen) atoms. The predicted octanol–water partition coefficient (Wildman–Crippen LogP) is -0.125. The predicted molar refractivity (Wildman–Crippen MR) is 81.2 cm³/mol. The van der Waals surface area contributed by atoms with Crippen LogP contribution >= 0.6 is 12.2 Å². The first kappa shape index (κ1) is 13.7. The summed E-state index contributed by atoms with van der Waals surface area (Å²) in [6.45, 7) is 2.10. The van der Waals surface area contributed by atoms with Crippen molar-refractivity contribution in [2.24, 2.45) is 5.10 Å². The second kappa shape index (κ2) is 6.04. The van der Waals surface area contributed by atoms with Gasteiger partial charge < -0.3 is 15.0 Å². The zero-order valence-corrected chi connectivity index (χ0v) is 12.2. The fourth-order valence-electron chi connectivity index (χ4n) is 2.21. The topological polar surface area (TPSA) is 78.9 Å². The molecular weight excluding hydrogens is 290 g/mol. The Bertz CT molecular complexity index is 604. The Hall–Kier alpha value is -2.22. The minimum atomic E-state index is -0.0314. The molecule has 2 aliphatic heterocycles. The zero-order chi connectivity index (χ0) is 14.7. The number of hydrazone groups is 1. The van der Waals surface area contributed by atoms with E-state index in [0.717, 1.165) is 17.2 Å². The van der Waals surface area contributed by atoms with Crippen molar-refractivity contribution in [3.05, 3.63) is 24.0 Å². The number of hydrogen-bond donors (Lipinski definition) is 2. The van der Waals surface area contributed by atoms with Gasteiger partial charge in [-0.15, -0.1) is 0 Å². The number of carbonyl (C=O) groups excluding carboxylic acids is 1. The molecule has 0 unspecified atom stereocenters. The minimum absolute atomic E-state index is 0.0314. The Morgan fingerprint density at radius 2 is 2.48 bits per heavy atom. The monoisotopic (exact) mass is 305 g/mol. The third kappa shape index (κ3) is 3.10. The van der Waals surface area contributed by atoms with E-state index in [2.05, 4.69) is 20.8 Å². The first-order valence-electron chi connectivity index (χ1n) is 6.70. The molecule has 0 spiro atoms. The second-order valence-electron chi connectivity index (χ2n) is 4.70. The normalized spacial score (nSPS) is 19.5. The third-order valence-electron chi connectivity index (χ3n) is 3.25. The van der Waals surface area contributed by atoms with E-state index >= 15 is 0 Å². The van der Waals surface area contributed by atoms with Crippen molar-refractivity contribution in [3.8, 4) is 5.75 Å². The summed E-state index contributed by atoms with van der Waals surface area (Å²) in [5.41, 5.74) is 4.39. The van der Waals surface area contributed by atoms with Crippen LogP contribution < -0.4 is 15.5 Å². The molecule has 3 heterocycles. The molecule has 0 bridgehead atoms.